The van der Waals surface area contributed by atoms with Gasteiger partial charge in [-0.2, -0.15) is 0 Å². The lowest BCUT2D eigenvalue weighted by Gasteiger charge is -2.12. The molecular weight excluding hydrogens is 275 g/mol. The monoisotopic (exact) mass is 288 g/mol. The van der Waals surface area contributed by atoms with Crippen LogP contribution in [0.1, 0.15) is 30.2 Å². The zero-order valence-electron chi connectivity index (χ0n) is 8.67. The van der Waals surface area contributed by atoms with Gasteiger partial charge in [0.15, 0.2) is 0 Å². The van der Waals surface area contributed by atoms with Crippen LogP contribution < -0.4 is 4.74 Å². The summed E-state index contributed by atoms with van der Waals surface area (Å²) in [6.45, 7) is 0. The largest absolute Gasteiger partial charge is 0.497 e. The van der Waals surface area contributed by atoms with E-state index >= 15 is 0 Å². The van der Waals surface area contributed by atoms with E-state index in [0.29, 0.717) is 0 Å². The normalized spacial score (nSPS) is 17.5. The standard InChI is InChI=1S/C12H14BrClO/c1-15-9-4-5-10(11(13)7-9)12(14)6-8-2-3-8/h4-5,7-8,12H,2-3,6H2,1H3. The van der Waals surface area contributed by atoms with Gasteiger partial charge in [-0.3, -0.25) is 0 Å². The molecule has 1 aromatic rings. The predicted molar refractivity (Wildman–Crippen MR) is 66.6 cm³/mol. The fraction of sp³-hybridized carbons (Fsp3) is 0.500. The van der Waals surface area contributed by atoms with Crippen molar-refractivity contribution < 1.29 is 4.74 Å². The summed E-state index contributed by atoms with van der Waals surface area (Å²) in [6, 6.07) is 5.98. The molecule has 0 amide bonds. The Kier molecular flexibility index (Phi) is 3.57. The molecule has 3 heteroatoms. The van der Waals surface area contributed by atoms with Crippen LogP contribution in [-0.4, -0.2) is 7.11 Å². The molecule has 0 radical (unpaired) electrons. The average Bonchev–Trinajstić information content (AvgIpc) is 3.01. The lowest BCUT2D eigenvalue weighted by Crippen LogP contribution is -1.94. The van der Waals surface area contributed by atoms with E-state index in [2.05, 4.69) is 15.9 Å². The van der Waals surface area contributed by atoms with Gasteiger partial charge in [-0.1, -0.05) is 34.8 Å². The maximum atomic E-state index is 6.37. The van der Waals surface area contributed by atoms with Crippen molar-refractivity contribution in [1.82, 2.24) is 0 Å². The molecule has 0 aliphatic heterocycles. The summed E-state index contributed by atoms with van der Waals surface area (Å²) < 4.78 is 6.19. The van der Waals surface area contributed by atoms with E-state index in [9.17, 15) is 0 Å². The van der Waals surface area contributed by atoms with Crippen molar-refractivity contribution in [2.24, 2.45) is 5.92 Å². The van der Waals surface area contributed by atoms with Crippen LogP contribution in [-0.2, 0) is 0 Å². The lowest BCUT2D eigenvalue weighted by molar-refractivity contribution is 0.414. The molecule has 0 N–H and O–H groups in total. The fourth-order valence-electron chi connectivity index (χ4n) is 1.66. The van der Waals surface area contributed by atoms with Gasteiger partial charge >= 0.3 is 0 Å². The van der Waals surface area contributed by atoms with Gasteiger partial charge in [-0.05, 0) is 30.0 Å². The van der Waals surface area contributed by atoms with Crippen LogP contribution in [0.5, 0.6) is 5.75 Å². The zero-order chi connectivity index (χ0) is 10.8. The molecule has 0 spiro atoms. The van der Waals surface area contributed by atoms with Gasteiger partial charge < -0.3 is 4.74 Å². The summed E-state index contributed by atoms with van der Waals surface area (Å²) in [6.07, 6.45) is 3.78. The van der Waals surface area contributed by atoms with Crippen molar-refractivity contribution in [3.63, 3.8) is 0 Å². The molecule has 1 aromatic carbocycles. The summed E-state index contributed by atoms with van der Waals surface area (Å²) in [7, 11) is 1.67. The van der Waals surface area contributed by atoms with Crippen LogP contribution in [0.4, 0.5) is 0 Å². The Labute approximate surface area is 104 Å². The summed E-state index contributed by atoms with van der Waals surface area (Å²) in [4.78, 5) is 0. The number of alkyl halides is 1. The zero-order valence-corrected chi connectivity index (χ0v) is 11.0. The minimum absolute atomic E-state index is 0.123. The molecule has 0 bridgehead atoms. The van der Waals surface area contributed by atoms with Crippen LogP contribution in [0, 0.1) is 5.92 Å². The molecule has 1 aliphatic rings. The maximum Gasteiger partial charge on any atom is 0.120 e. The summed E-state index contributed by atoms with van der Waals surface area (Å²) in [5.41, 5.74) is 1.17. The first-order valence-corrected chi connectivity index (χ1v) is 6.41. The summed E-state index contributed by atoms with van der Waals surface area (Å²) >= 11 is 9.91. The Balaban J connectivity index is 2.11. The highest BCUT2D eigenvalue weighted by Crippen LogP contribution is 2.42. The molecule has 1 fully saturated rings. The van der Waals surface area contributed by atoms with Gasteiger partial charge in [-0.15, -0.1) is 11.6 Å². The molecule has 0 heterocycles. The number of hydrogen-bond acceptors (Lipinski definition) is 1. The molecule has 1 atom stereocenters. The van der Waals surface area contributed by atoms with Crippen molar-refractivity contribution in [3.8, 4) is 5.75 Å². The number of halogens is 2. The number of rotatable bonds is 4. The second-order valence-electron chi connectivity index (χ2n) is 4.03. The van der Waals surface area contributed by atoms with Crippen molar-refractivity contribution in [1.29, 1.82) is 0 Å². The second kappa shape index (κ2) is 4.75. The quantitative estimate of drug-likeness (QED) is 0.740. The number of ether oxygens (including phenoxy) is 1. The van der Waals surface area contributed by atoms with Gasteiger partial charge in [0, 0.05) is 4.47 Å². The van der Waals surface area contributed by atoms with Gasteiger partial charge in [0.25, 0.3) is 0 Å². The van der Waals surface area contributed by atoms with E-state index in [1.807, 2.05) is 18.2 Å². The van der Waals surface area contributed by atoms with E-state index in [4.69, 9.17) is 16.3 Å². The number of hydrogen-bond donors (Lipinski definition) is 0. The molecule has 0 aromatic heterocycles. The van der Waals surface area contributed by atoms with E-state index in [1.165, 1.54) is 18.4 Å². The van der Waals surface area contributed by atoms with Crippen LogP contribution in [0.15, 0.2) is 22.7 Å². The Morgan fingerprint density at radius 1 is 1.53 bits per heavy atom. The third-order valence-corrected chi connectivity index (χ3v) is 3.88. The van der Waals surface area contributed by atoms with Crippen LogP contribution in [0.3, 0.4) is 0 Å². The van der Waals surface area contributed by atoms with E-state index in [0.717, 1.165) is 22.6 Å². The Morgan fingerprint density at radius 2 is 2.27 bits per heavy atom. The third kappa shape index (κ3) is 2.88. The fourth-order valence-corrected chi connectivity index (χ4v) is 2.87. The van der Waals surface area contributed by atoms with Crippen LogP contribution in [0.25, 0.3) is 0 Å². The van der Waals surface area contributed by atoms with Crippen LogP contribution >= 0.6 is 27.5 Å². The minimum atomic E-state index is 0.123. The Bertz CT molecular complexity index is 349. The Hall–Kier alpha value is -0.210. The molecular formula is C12H14BrClO. The predicted octanol–water partition coefficient (Wildman–Crippen LogP) is 4.54. The van der Waals surface area contributed by atoms with E-state index in [-0.39, 0.29) is 5.38 Å². The first kappa shape index (κ1) is 11.3. The minimum Gasteiger partial charge on any atom is -0.497 e. The van der Waals surface area contributed by atoms with Crippen molar-refractivity contribution in [2.75, 3.05) is 7.11 Å². The summed E-state index contributed by atoms with van der Waals surface area (Å²) in [5.74, 6) is 1.71. The second-order valence-corrected chi connectivity index (χ2v) is 5.42. The molecule has 15 heavy (non-hydrogen) atoms. The highest BCUT2D eigenvalue weighted by Gasteiger charge is 2.26. The smallest absolute Gasteiger partial charge is 0.120 e. The first-order chi connectivity index (χ1) is 7.20. The third-order valence-electron chi connectivity index (χ3n) is 2.78. The summed E-state index contributed by atoms with van der Waals surface area (Å²) in [5, 5.41) is 0.123. The highest BCUT2D eigenvalue weighted by molar-refractivity contribution is 9.10. The van der Waals surface area contributed by atoms with E-state index < -0.39 is 0 Å². The SMILES string of the molecule is COc1ccc(C(Cl)CC2CC2)c(Br)c1. The topological polar surface area (TPSA) is 9.23 Å². The molecule has 0 saturated heterocycles. The lowest BCUT2D eigenvalue weighted by atomic mass is 10.1. The number of benzene rings is 1. The first-order valence-electron chi connectivity index (χ1n) is 5.18. The average molecular weight is 290 g/mol. The number of methoxy groups -OCH3 is 1. The van der Waals surface area contributed by atoms with Crippen LogP contribution in [0.2, 0.25) is 0 Å². The van der Waals surface area contributed by atoms with Crippen molar-refractivity contribution in [3.05, 3.63) is 28.2 Å². The van der Waals surface area contributed by atoms with Gasteiger partial charge in [0.1, 0.15) is 5.75 Å². The molecule has 1 aliphatic carbocycles. The molecule has 82 valence electrons. The van der Waals surface area contributed by atoms with Gasteiger partial charge in [0.05, 0.1) is 12.5 Å². The maximum absolute atomic E-state index is 6.37. The van der Waals surface area contributed by atoms with Crippen molar-refractivity contribution in [2.45, 2.75) is 24.6 Å². The highest BCUT2D eigenvalue weighted by atomic mass is 79.9. The van der Waals surface area contributed by atoms with E-state index in [1.54, 1.807) is 7.11 Å². The Morgan fingerprint density at radius 3 is 2.80 bits per heavy atom. The molecule has 2 rings (SSSR count). The van der Waals surface area contributed by atoms with Gasteiger partial charge in [-0.25, -0.2) is 0 Å². The van der Waals surface area contributed by atoms with Crippen molar-refractivity contribution >= 4 is 27.5 Å². The molecule has 1 nitrogen and oxygen atoms in total. The van der Waals surface area contributed by atoms with Gasteiger partial charge in [0.2, 0.25) is 0 Å². The molecule has 1 saturated carbocycles. The molecule has 1 unspecified atom stereocenters.